The minimum absolute atomic E-state index is 1.37. The standard InChI is InChI=1S/C12H26.2C10H22/c1-3-5-7-9-11-12-10-8-6-4-2;2*1-3-5-7-9-10-8-6-4-2/h3-12H2,1-2H3;2*3-10H2,1-2H3. The fourth-order valence-electron chi connectivity index (χ4n) is 3.97. The molecule has 0 aliphatic carbocycles. The molecule has 0 unspecified atom stereocenters. The topological polar surface area (TPSA) is 0 Å². The van der Waals surface area contributed by atoms with E-state index in [0.717, 1.165) is 0 Å². The molecular formula is C32H70. The van der Waals surface area contributed by atoms with E-state index in [1.165, 1.54) is 167 Å². The highest BCUT2D eigenvalue weighted by atomic mass is 14.0. The molecule has 0 heteroatoms. The Morgan fingerprint density at radius 3 is 0.344 bits per heavy atom. The lowest BCUT2D eigenvalue weighted by Crippen LogP contribution is -1.80. The van der Waals surface area contributed by atoms with Crippen LogP contribution in [-0.2, 0) is 0 Å². The molecule has 0 saturated heterocycles. The Morgan fingerprint density at radius 1 is 0.156 bits per heavy atom. The Kier molecular flexibility index (Phi) is 47.2. The Balaban J connectivity index is -0.000000397. The maximum Gasteiger partial charge on any atom is -0.0533 e. The average Bonchev–Trinajstić information content (AvgIpc) is 2.81. The molecule has 0 heterocycles. The molecule has 0 aromatic carbocycles. The predicted molar refractivity (Wildman–Crippen MR) is 154 cm³/mol. The normalized spacial score (nSPS) is 10.3. The van der Waals surface area contributed by atoms with Gasteiger partial charge in [-0.05, 0) is 0 Å². The quantitative estimate of drug-likeness (QED) is 0.135. The van der Waals surface area contributed by atoms with Gasteiger partial charge in [-0.2, -0.15) is 0 Å². The van der Waals surface area contributed by atoms with Gasteiger partial charge in [0, 0.05) is 0 Å². The van der Waals surface area contributed by atoms with Crippen molar-refractivity contribution in [3.05, 3.63) is 0 Å². The Hall–Kier alpha value is 0. The highest BCUT2D eigenvalue weighted by Crippen LogP contribution is 2.10. The molecule has 198 valence electrons. The maximum atomic E-state index is 2.28. The minimum atomic E-state index is 1.37. The van der Waals surface area contributed by atoms with E-state index in [4.69, 9.17) is 0 Å². The van der Waals surface area contributed by atoms with Crippen LogP contribution >= 0.6 is 0 Å². The van der Waals surface area contributed by atoms with E-state index in [2.05, 4.69) is 41.5 Å². The summed E-state index contributed by atoms with van der Waals surface area (Å²) in [4.78, 5) is 0. The molecule has 0 aliphatic rings. The molecule has 0 aromatic rings. The summed E-state index contributed by atoms with van der Waals surface area (Å²) in [6.45, 7) is 13.6. The van der Waals surface area contributed by atoms with E-state index < -0.39 is 0 Å². The molecule has 0 rings (SSSR count). The van der Waals surface area contributed by atoms with Crippen LogP contribution in [0.4, 0.5) is 0 Å². The van der Waals surface area contributed by atoms with Crippen LogP contribution in [0.3, 0.4) is 0 Å². The zero-order chi connectivity index (χ0) is 24.4. The maximum absolute atomic E-state index is 2.28. The van der Waals surface area contributed by atoms with Gasteiger partial charge in [-0.15, -0.1) is 0 Å². The molecule has 0 saturated carbocycles. The van der Waals surface area contributed by atoms with Gasteiger partial charge >= 0.3 is 0 Å². The van der Waals surface area contributed by atoms with Gasteiger partial charge < -0.3 is 0 Å². The minimum Gasteiger partial charge on any atom is -0.0654 e. The zero-order valence-electron chi connectivity index (χ0n) is 24.4. The van der Waals surface area contributed by atoms with E-state index >= 15 is 0 Å². The van der Waals surface area contributed by atoms with Gasteiger partial charge in [0.2, 0.25) is 0 Å². The molecule has 0 fully saturated rings. The lowest BCUT2D eigenvalue weighted by atomic mass is 10.1. The van der Waals surface area contributed by atoms with Gasteiger partial charge in [0.15, 0.2) is 0 Å². The van der Waals surface area contributed by atoms with Crippen LogP contribution in [0, 0.1) is 0 Å². The first kappa shape index (κ1) is 36.6. The smallest absolute Gasteiger partial charge is 0.0533 e. The van der Waals surface area contributed by atoms with Crippen LogP contribution in [0.1, 0.15) is 208 Å². The third kappa shape index (κ3) is 47.7. The summed E-state index contributed by atoms with van der Waals surface area (Å²) >= 11 is 0. The molecular weight excluding hydrogens is 384 g/mol. The molecule has 0 amide bonds. The molecule has 0 spiro atoms. The van der Waals surface area contributed by atoms with Gasteiger partial charge in [-0.3, -0.25) is 0 Å². The average molecular weight is 455 g/mol. The van der Waals surface area contributed by atoms with Crippen molar-refractivity contribution in [1.82, 2.24) is 0 Å². The van der Waals surface area contributed by atoms with Crippen molar-refractivity contribution in [1.29, 1.82) is 0 Å². The second kappa shape index (κ2) is 41.3. The fourth-order valence-corrected chi connectivity index (χ4v) is 3.97. The molecule has 0 atom stereocenters. The monoisotopic (exact) mass is 455 g/mol. The second-order valence-corrected chi connectivity index (χ2v) is 10.1. The molecule has 0 aromatic heterocycles. The van der Waals surface area contributed by atoms with Gasteiger partial charge in [0.05, 0.1) is 0 Å². The highest BCUT2D eigenvalue weighted by Gasteiger charge is 1.90. The molecule has 0 bridgehead atoms. The van der Waals surface area contributed by atoms with Gasteiger partial charge in [-0.1, -0.05) is 208 Å². The largest absolute Gasteiger partial charge is 0.0654 e. The molecule has 0 radical (unpaired) electrons. The zero-order valence-corrected chi connectivity index (χ0v) is 24.4. The molecule has 32 heavy (non-hydrogen) atoms. The summed E-state index contributed by atoms with van der Waals surface area (Å²) in [5.41, 5.74) is 0. The second-order valence-electron chi connectivity index (χ2n) is 10.1. The highest BCUT2D eigenvalue weighted by molar-refractivity contribution is 4.46. The first-order chi connectivity index (χ1) is 15.7. The SMILES string of the molecule is CCCCCCCCCC.CCCCCCCCCC.CCCCCCCCCCCC. The van der Waals surface area contributed by atoms with Crippen molar-refractivity contribution in [3.8, 4) is 0 Å². The van der Waals surface area contributed by atoms with Crippen molar-refractivity contribution >= 4 is 0 Å². The van der Waals surface area contributed by atoms with Crippen molar-refractivity contribution in [2.75, 3.05) is 0 Å². The molecule has 0 N–H and O–H groups in total. The van der Waals surface area contributed by atoms with E-state index in [-0.39, 0.29) is 0 Å². The summed E-state index contributed by atoms with van der Waals surface area (Å²) < 4.78 is 0. The third-order valence-electron chi connectivity index (χ3n) is 6.37. The van der Waals surface area contributed by atoms with Crippen molar-refractivity contribution in [2.24, 2.45) is 0 Å². The van der Waals surface area contributed by atoms with E-state index in [0.29, 0.717) is 0 Å². The third-order valence-corrected chi connectivity index (χ3v) is 6.37. The fraction of sp³-hybridized carbons (Fsp3) is 1.00. The van der Waals surface area contributed by atoms with Gasteiger partial charge in [-0.25, -0.2) is 0 Å². The first-order valence-electron chi connectivity index (χ1n) is 15.7. The summed E-state index contributed by atoms with van der Waals surface area (Å²) in [7, 11) is 0. The van der Waals surface area contributed by atoms with E-state index in [1.807, 2.05) is 0 Å². The Bertz CT molecular complexity index is 202. The number of hydrogen-bond donors (Lipinski definition) is 0. The molecule has 0 aliphatic heterocycles. The lowest BCUT2D eigenvalue weighted by Gasteiger charge is -1.99. The first-order valence-corrected chi connectivity index (χ1v) is 15.7. The van der Waals surface area contributed by atoms with Crippen molar-refractivity contribution in [2.45, 2.75) is 208 Å². The summed E-state index contributed by atoms with van der Waals surface area (Å²) in [5, 5.41) is 0. The van der Waals surface area contributed by atoms with Crippen LogP contribution in [-0.4, -0.2) is 0 Å². The van der Waals surface area contributed by atoms with Crippen LogP contribution < -0.4 is 0 Å². The Morgan fingerprint density at radius 2 is 0.250 bits per heavy atom. The van der Waals surface area contributed by atoms with E-state index in [9.17, 15) is 0 Å². The number of unbranched alkanes of at least 4 members (excludes halogenated alkanes) is 23. The van der Waals surface area contributed by atoms with Crippen molar-refractivity contribution in [3.63, 3.8) is 0 Å². The number of rotatable bonds is 23. The summed E-state index contributed by atoms with van der Waals surface area (Å²) in [5.74, 6) is 0. The van der Waals surface area contributed by atoms with E-state index in [1.54, 1.807) is 0 Å². The van der Waals surface area contributed by atoms with Crippen molar-refractivity contribution < 1.29 is 0 Å². The number of hydrogen-bond acceptors (Lipinski definition) is 0. The lowest BCUT2D eigenvalue weighted by molar-refractivity contribution is 0.562. The van der Waals surface area contributed by atoms with Crippen LogP contribution in [0.25, 0.3) is 0 Å². The molecule has 0 nitrogen and oxygen atoms in total. The van der Waals surface area contributed by atoms with Crippen LogP contribution in [0.2, 0.25) is 0 Å². The van der Waals surface area contributed by atoms with Gasteiger partial charge in [0.1, 0.15) is 0 Å². The van der Waals surface area contributed by atoms with Crippen LogP contribution in [0.15, 0.2) is 0 Å². The predicted octanol–water partition coefficient (Wildman–Crippen LogP) is 13.2. The Labute approximate surface area is 208 Å². The summed E-state index contributed by atoms with van der Waals surface area (Å²) in [6.07, 6.45) is 37.4. The van der Waals surface area contributed by atoms with Gasteiger partial charge in [0.25, 0.3) is 0 Å². The summed E-state index contributed by atoms with van der Waals surface area (Å²) in [6, 6.07) is 0. The van der Waals surface area contributed by atoms with Crippen LogP contribution in [0.5, 0.6) is 0 Å².